The van der Waals surface area contributed by atoms with Crippen LogP contribution in [-0.4, -0.2) is 38.9 Å². The molecule has 0 bridgehead atoms. The first-order valence-electron chi connectivity index (χ1n) is 8.67. The zero-order chi connectivity index (χ0) is 16.3. The molecule has 2 aliphatic rings. The molecule has 23 heavy (non-hydrogen) atoms. The molecule has 3 rings (SSSR count). The quantitative estimate of drug-likeness (QED) is 0.919. The molecule has 0 atom stereocenters. The Morgan fingerprint density at radius 1 is 0.957 bits per heavy atom. The van der Waals surface area contributed by atoms with Crippen molar-refractivity contribution in [1.29, 1.82) is 0 Å². The van der Waals surface area contributed by atoms with Crippen molar-refractivity contribution in [2.45, 2.75) is 39.0 Å². The SMILES string of the molecule is CC1CCN(c2ccc(NS(=O)(=O)N3CCCCC3)cc2)CC1. The summed E-state index contributed by atoms with van der Waals surface area (Å²) in [6.07, 6.45) is 5.47. The van der Waals surface area contributed by atoms with Crippen molar-refractivity contribution in [1.82, 2.24) is 4.31 Å². The van der Waals surface area contributed by atoms with E-state index in [9.17, 15) is 8.42 Å². The lowest BCUT2D eigenvalue weighted by Crippen LogP contribution is -2.39. The molecule has 2 heterocycles. The standard InChI is InChI=1S/C17H27N3O2S/c1-15-9-13-19(14-10-15)17-7-5-16(6-8-17)18-23(21,22)20-11-3-2-4-12-20/h5-8,15,18H,2-4,9-14H2,1H3. The Hall–Kier alpha value is -1.27. The molecule has 2 fully saturated rings. The number of rotatable bonds is 4. The first-order chi connectivity index (χ1) is 11.0. The van der Waals surface area contributed by atoms with E-state index in [-0.39, 0.29) is 0 Å². The topological polar surface area (TPSA) is 52.7 Å². The Kier molecular flexibility index (Phi) is 5.11. The van der Waals surface area contributed by atoms with Crippen molar-refractivity contribution in [3.05, 3.63) is 24.3 Å². The molecule has 0 amide bonds. The lowest BCUT2D eigenvalue weighted by Gasteiger charge is -2.32. The number of anilines is 2. The van der Waals surface area contributed by atoms with E-state index in [2.05, 4.69) is 16.5 Å². The zero-order valence-corrected chi connectivity index (χ0v) is 14.7. The molecule has 0 aliphatic carbocycles. The van der Waals surface area contributed by atoms with E-state index in [1.165, 1.54) is 18.5 Å². The third-order valence-corrected chi connectivity index (χ3v) is 6.46. The summed E-state index contributed by atoms with van der Waals surface area (Å²) >= 11 is 0. The van der Waals surface area contributed by atoms with Gasteiger partial charge in [0.15, 0.2) is 0 Å². The fourth-order valence-electron chi connectivity index (χ4n) is 3.33. The van der Waals surface area contributed by atoms with Crippen LogP contribution in [0, 0.1) is 5.92 Å². The van der Waals surface area contributed by atoms with Gasteiger partial charge in [0.2, 0.25) is 0 Å². The largest absolute Gasteiger partial charge is 0.372 e. The van der Waals surface area contributed by atoms with Crippen molar-refractivity contribution in [3.8, 4) is 0 Å². The Morgan fingerprint density at radius 2 is 1.57 bits per heavy atom. The predicted molar refractivity (Wildman–Crippen MR) is 95.0 cm³/mol. The van der Waals surface area contributed by atoms with E-state index in [1.54, 1.807) is 4.31 Å². The molecule has 1 aromatic rings. The molecule has 5 nitrogen and oxygen atoms in total. The first-order valence-corrected chi connectivity index (χ1v) is 10.1. The smallest absolute Gasteiger partial charge is 0.301 e. The summed E-state index contributed by atoms with van der Waals surface area (Å²) in [5.41, 5.74) is 1.82. The Morgan fingerprint density at radius 3 is 2.17 bits per heavy atom. The van der Waals surface area contributed by atoms with E-state index in [4.69, 9.17) is 0 Å². The Bertz CT molecular complexity index is 601. The van der Waals surface area contributed by atoms with Crippen molar-refractivity contribution < 1.29 is 8.42 Å². The zero-order valence-electron chi connectivity index (χ0n) is 13.9. The fraction of sp³-hybridized carbons (Fsp3) is 0.647. The molecule has 0 unspecified atom stereocenters. The van der Waals surface area contributed by atoms with Crippen LogP contribution in [0.1, 0.15) is 39.0 Å². The van der Waals surface area contributed by atoms with Gasteiger partial charge >= 0.3 is 10.2 Å². The molecule has 128 valence electrons. The summed E-state index contributed by atoms with van der Waals surface area (Å²) in [6.45, 7) is 5.72. The van der Waals surface area contributed by atoms with Crippen molar-refractivity contribution in [2.75, 3.05) is 35.8 Å². The van der Waals surface area contributed by atoms with Gasteiger partial charge in [-0.3, -0.25) is 4.72 Å². The van der Waals surface area contributed by atoms with Gasteiger partial charge in [0.05, 0.1) is 0 Å². The van der Waals surface area contributed by atoms with Crippen LogP contribution in [0.2, 0.25) is 0 Å². The third-order valence-electron chi connectivity index (χ3n) is 4.92. The summed E-state index contributed by atoms with van der Waals surface area (Å²) in [5.74, 6) is 0.807. The molecule has 2 aliphatic heterocycles. The first kappa shape index (κ1) is 16.6. The molecule has 1 N–H and O–H groups in total. The summed E-state index contributed by atoms with van der Waals surface area (Å²) < 4.78 is 29.0. The highest BCUT2D eigenvalue weighted by molar-refractivity contribution is 7.90. The van der Waals surface area contributed by atoms with Crippen molar-refractivity contribution in [2.24, 2.45) is 5.92 Å². The molecule has 2 saturated heterocycles. The second-order valence-corrected chi connectivity index (χ2v) is 8.45. The predicted octanol–water partition coefficient (Wildman–Crippen LogP) is 3.07. The van der Waals surface area contributed by atoms with Gasteiger partial charge in [0.25, 0.3) is 0 Å². The number of nitrogens with zero attached hydrogens (tertiary/aromatic N) is 2. The molecule has 0 saturated carbocycles. The second-order valence-electron chi connectivity index (χ2n) is 6.78. The molecule has 1 aromatic carbocycles. The minimum Gasteiger partial charge on any atom is -0.372 e. The Balaban J connectivity index is 1.63. The summed E-state index contributed by atoms with van der Waals surface area (Å²) in [6, 6.07) is 7.78. The van der Waals surface area contributed by atoms with Gasteiger partial charge in [-0.1, -0.05) is 13.3 Å². The minimum absolute atomic E-state index is 0.624. The highest BCUT2D eigenvalue weighted by atomic mass is 32.2. The lowest BCUT2D eigenvalue weighted by molar-refractivity contribution is 0.349. The lowest BCUT2D eigenvalue weighted by atomic mass is 9.99. The molecule has 0 radical (unpaired) electrons. The van der Waals surface area contributed by atoms with Crippen LogP contribution in [0.4, 0.5) is 11.4 Å². The van der Waals surface area contributed by atoms with Crippen LogP contribution in [0.5, 0.6) is 0 Å². The average Bonchev–Trinajstić information content (AvgIpc) is 2.57. The van der Waals surface area contributed by atoms with Gasteiger partial charge in [0, 0.05) is 37.6 Å². The highest BCUT2D eigenvalue weighted by Crippen LogP contribution is 2.25. The van der Waals surface area contributed by atoms with Crippen LogP contribution in [0.25, 0.3) is 0 Å². The van der Waals surface area contributed by atoms with Gasteiger partial charge in [-0.2, -0.15) is 12.7 Å². The van der Waals surface area contributed by atoms with Gasteiger partial charge in [-0.05, 0) is 55.9 Å². The fourth-order valence-corrected chi connectivity index (χ4v) is 4.63. The van der Waals surface area contributed by atoms with Crippen LogP contribution >= 0.6 is 0 Å². The molecular weight excluding hydrogens is 310 g/mol. The minimum atomic E-state index is -3.41. The van der Waals surface area contributed by atoms with E-state index < -0.39 is 10.2 Å². The van der Waals surface area contributed by atoms with Crippen LogP contribution in [0.15, 0.2) is 24.3 Å². The van der Waals surface area contributed by atoms with E-state index in [0.717, 1.165) is 38.3 Å². The summed E-state index contributed by atoms with van der Waals surface area (Å²) in [4.78, 5) is 2.38. The van der Waals surface area contributed by atoms with Crippen LogP contribution in [-0.2, 0) is 10.2 Å². The molecule has 0 aromatic heterocycles. The van der Waals surface area contributed by atoms with Crippen LogP contribution < -0.4 is 9.62 Å². The average molecular weight is 337 g/mol. The number of nitrogens with one attached hydrogen (secondary N) is 1. The van der Waals surface area contributed by atoms with Crippen molar-refractivity contribution >= 4 is 21.6 Å². The summed E-state index contributed by atoms with van der Waals surface area (Å²) in [5, 5.41) is 0. The highest BCUT2D eigenvalue weighted by Gasteiger charge is 2.23. The maximum absolute atomic E-state index is 12.4. The van der Waals surface area contributed by atoms with Gasteiger partial charge in [-0.15, -0.1) is 0 Å². The van der Waals surface area contributed by atoms with E-state index in [0.29, 0.717) is 18.8 Å². The Labute approximate surface area is 139 Å². The third kappa shape index (κ3) is 4.18. The molecule has 0 spiro atoms. The van der Waals surface area contributed by atoms with Gasteiger partial charge < -0.3 is 4.90 Å². The maximum Gasteiger partial charge on any atom is 0.301 e. The van der Waals surface area contributed by atoms with E-state index >= 15 is 0 Å². The van der Waals surface area contributed by atoms with Crippen molar-refractivity contribution in [3.63, 3.8) is 0 Å². The number of hydrogen-bond acceptors (Lipinski definition) is 3. The van der Waals surface area contributed by atoms with Gasteiger partial charge in [0.1, 0.15) is 0 Å². The monoisotopic (exact) mass is 337 g/mol. The summed E-state index contributed by atoms with van der Waals surface area (Å²) in [7, 11) is -3.41. The normalized spacial score (nSPS) is 21.3. The number of benzene rings is 1. The maximum atomic E-state index is 12.4. The molecular formula is C17H27N3O2S. The van der Waals surface area contributed by atoms with Gasteiger partial charge in [-0.25, -0.2) is 0 Å². The second kappa shape index (κ2) is 7.09. The van der Waals surface area contributed by atoms with Crippen LogP contribution in [0.3, 0.4) is 0 Å². The van der Waals surface area contributed by atoms with E-state index in [1.807, 2.05) is 24.3 Å². The number of hydrogen-bond donors (Lipinski definition) is 1. The number of piperidine rings is 2. The molecule has 6 heteroatoms.